The summed E-state index contributed by atoms with van der Waals surface area (Å²) in [5, 5.41) is 0.829. The van der Waals surface area contributed by atoms with Gasteiger partial charge in [0, 0.05) is 0 Å². The fourth-order valence-corrected chi connectivity index (χ4v) is 2.44. The van der Waals surface area contributed by atoms with Crippen LogP contribution in [0.5, 0.6) is 0 Å². The SMILES string of the molecule is Cc1ccc(C(F)(F)F)cc1P(C)C. The molecule has 0 fully saturated rings. The predicted molar refractivity (Wildman–Crippen MR) is 54.6 cm³/mol. The molecule has 0 nitrogen and oxygen atoms in total. The first-order valence-electron chi connectivity index (χ1n) is 4.17. The van der Waals surface area contributed by atoms with E-state index in [4.69, 9.17) is 0 Å². The Bertz CT molecular complexity index is 329. The van der Waals surface area contributed by atoms with Crippen LogP contribution in [0, 0.1) is 6.92 Å². The molecule has 0 aromatic heterocycles. The zero-order valence-electron chi connectivity index (χ0n) is 8.31. The second-order valence-electron chi connectivity index (χ2n) is 3.39. The highest BCUT2D eigenvalue weighted by Crippen LogP contribution is 2.32. The van der Waals surface area contributed by atoms with Crippen LogP contribution in [0.3, 0.4) is 0 Å². The lowest BCUT2D eigenvalue weighted by molar-refractivity contribution is -0.137. The van der Waals surface area contributed by atoms with E-state index in [2.05, 4.69) is 0 Å². The molecule has 0 spiro atoms. The quantitative estimate of drug-likeness (QED) is 0.636. The molecular weight excluding hydrogens is 208 g/mol. The Kier molecular flexibility index (Phi) is 3.20. The minimum atomic E-state index is -4.23. The molecule has 0 radical (unpaired) electrons. The lowest BCUT2D eigenvalue weighted by Gasteiger charge is -2.13. The van der Waals surface area contributed by atoms with E-state index < -0.39 is 19.7 Å². The molecule has 1 aromatic carbocycles. The highest BCUT2D eigenvalue weighted by atomic mass is 31.1. The van der Waals surface area contributed by atoms with Gasteiger partial charge in [-0.25, -0.2) is 0 Å². The Morgan fingerprint density at radius 1 is 1.14 bits per heavy atom. The van der Waals surface area contributed by atoms with E-state index in [1.165, 1.54) is 6.07 Å². The number of rotatable bonds is 1. The van der Waals surface area contributed by atoms with Gasteiger partial charge in [-0.1, -0.05) is 14.0 Å². The van der Waals surface area contributed by atoms with Crippen molar-refractivity contribution >= 4 is 13.2 Å². The van der Waals surface area contributed by atoms with Crippen molar-refractivity contribution < 1.29 is 13.2 Å². The van der Waals surface area contributed by atoms with Crippen molar-refractivity contribution in [2.24, 2.45) is 0 Å². The maximum atomic E-state index is 12.4. The fourth-order valence-electron chi connectivity index (χ4n) is 1.27. The monoisotopic (exact) mass is 220 g/mol. The van der Waals surface area contributed by atoms with Crippen molar-refractivity contribution in [3.63, 3.8) is 0 Å². The van der Waals surface area contributed by atoms with E-state index in [1.807, 2.05) is 20.3 Å². The lowest BCUT2D eigenvalue weighted by atomic mass is 10.1. The summed E-state index contributed by atoms with van der Waals surface area (Å²) in [6.45, 7) is 5.76. The summed E-state index contributed by atoms with van der Waals surface area (Å²) in [6.07, 6.45) is -4.23. The Morgan fingerprint density at radius 3 is 2.14 bits per heavy atom. The van der Waals surface area contributed by atoms with Crippen LogP contribution in [0.15, 0.2) is 18.2 Å². The van der Waals surface area contributed by atoms with Gasteiger partial charge in [0.25, 0.3) is 0 Å². The van der Waals surface area contributed by atoms with Crippen molar-refractivity contribution in [2.75, 3.05) is 13.3 Å². The first-order valence-corrected chi connectivity index (χ1v) is 6.41. The molecule has 0 unspecified atom stereocenters. The smallest absolute Gasteiger partial charge is 0.166 e. The molecule has 1 aromatic rings. The number of benzene rings is 1. The minimum Gasteiger partial charge on any atom is -0.166 e. The van der Waals surface area contributed by atoms with Gasteiger partial charge in [-0.15, -0.1) is 0 Å². The van der Waals surface area contributed by atoms with E-state index in [0.29, 0.717) is 0 Å². The Labute approximate surface area is 82.9 Å². The van der Waals surface area contributed by atoms with Crippen molar-refractivity contribution in [1.29, 1.82) is 0 Å². The van der Waals surface area contributed by atoms with Crippen molar-refractivity contribution in [3.8, 4) is 0 Å². The van der Waals surface area contributed by atoms with Gasteiger partial charge in [-0.3, -0.25) is 0 Å². The second-order valence-corrected chi connectivity index (χ2v) is 5.66. The molecule has 0 N–H and O–H groups in total. The van der Waals surface area contributed by atoms with Crippen LogP contribution in [0.4, 0.5) is 13.2 Å². The van der Waals surface area contributed by atoms with Crippen LogP contribution in [-0.2, 0) is 6.18 Å². The molecule has 0 aliphatic carbocycles. The van der Waals surface area contributed by atoms with Crippen LogP contribution in [0.2, 0.25) is 0 Å². The minimum absolute atomic E-state index is 0.480. The highest BCUT2D eigenvalue weighted by Gasteiger charge is 2.30. The summed E-state index contributed by atoms with van der Waals surface area (Å²) in [5.74, 6) is 0. The van der Waals surface area contributed by atoms with Gasteiger partial charge in [-0.2, -0.15) is 13.2 Å². The number of aryl methyl sites for hydroxylation is 1. The first-order chi connectivity index (χ1) is 6.32. The molecule has 0 bridgehead atoms. The standard InChI is InChI=1S/C10H12F3P/c1-7-4-5-8(10(11,12)13)6-9(7)14(2)3/h4-6H,1-3H3. The molecule has 4 heteroatoms. The molecule has 14 heavy (non-hydrogen) atoms. The average molecular weight is 220 g/mol. The maximum Gasteiger partial charge on any atom is 0.416 e. The van der Waals surface area contributed by atoms with E-state index in [1.54, 1.807) is 6.07 Å². The third-order valence-corrected chi connectivity index (χ3v) is 3.46. The molecule has 78 valence electrons. The molecule has 0 aliphatic heterocycles. The van der Waals surface area contributed by atoms with E-state index in [9.17, 15) is 13.2 Å². The van der Waals surface area contributed by atoms with Crippen molar-refractivity contribution in [2.45, 2.75) is 13.1 Å². The number of hydrogen-bond acceptors (Lipinski definition) is 0. The van der Waals surface area contributed by atoms with Crippen molar-refractivity contribution in [1.82, 2.24) is 0 Å². The summed E-state index contributed by atoms with van der Waals surface area (Å²) in [5.41, 5.74) is 0.392. The van der Waals surface area contributed by atoms with Gasteiger partial charge in [0.2, 0.25) is 0 Å². The molecule has 0 atom stereocenters. The highest BCUT2D eigenvalue weighted by molar-refractivity contribution is 7.64. The summed E-state index contributed by atoms with van der Waals surface area (Å²) >= 11 is 0. The first kappa shape index (κ1) is 11.5. The van der Waals surface area contributed by atoms with Gasteiger partial charge >= 0.3 is 6.18 Å². The topological polar surface area (TPSA) is 0 Å². The van der Waals surface area contributed by atoms with E-state index in [-0.39, 0.29) is 0 Å². The van der Waals surface area contributed by atoms with Crippen molar-refractivity contribution in [3.05, 3.63) is 29.3 Å². The normalized spacial score (nSPS) is 12.2. The molecule has 0 saturated heterocycles. The van der Waals surface area contributed by atoms with E-state index in [0.717, 1.165) is 16.9 Å². The predicted octanol–water partition coefficient (Wildman–Crippen LogP) is 3.38. The van der Waals surface area contributed by atoms with Crippen LogP contribution in [0.1, 0.15) is 11.1 Å². The summed E-state index contributed by atoms with van der Waals surface area (Å²) in [4.78, 5) is 0. The zero-order valence-corrected chi connectivity index (χ0v) is 9.21. The second kappa shape index (κ2) is 3.90. The van der Waals surface area contributed by atoms with Gasteiger partial charge in [-0.05, 0) is 43.3 Å². The largest absolute Gasteiger partial charge is 0.416 e. The van der Waals surface area contributed by atoms with E-state index >= 15 is 0 Å². The number of alkyl halides is 3. The zero-order chi connectivity index (χ0) is 10.9. The van der Waals surface area contributed by atoms with Crippen LogP contribution < -0.4 is 5.30 Å². The Balaban J connectivity index is 3.20. The summed E-state index contributed by atoms with van der Waals surface area (Å²) in [6, 6.07) is 3.94. The molecule has 0 amide bonds. The molecule has 0 aliphatic rings. The Morgan fingerprint density at radius 2 is 1.71 bits per heavy atom. The third kappa shape index (κ3) is 2.48. The lowest BCUT2D eigenvalue weighted by Crippen LogP contribution is -2.12. The van der Waals surface area contributed by atoms with Gasteiger partial charge in [0.1, 0.15) is 0 Å². The average Bonchev–Trinajstić information content (AvgIpc) is 2.02. The molecular formula is C10H12F3P. The fraction of sp³-hybridized carbons (Fsp3) is 0.400. The summed E-state index contributed by atoms with van der Waals surface area (Å²) in [7, 11) is -0.480. The van der Waals surface area contributed by atoms with Crippen LogP contribution >= 0.6 is 7.92 Å². The Hall–Kier alpha value is -0.560. The molecule has 0 saturated carbocycles. The van der Waals surface area contributed by atoms with Crippen LogP contribution in [-0.4, -0.2) is 13.3 Å². The number of hydrogen-bond donors (Lipinski definition) is 0. The maximum absolute atomic E-state index is 12.4. The van der Waals surface area contributed by atoms with Gasteiger partial charge in [0.05, 0.1) is 5.56 Å². The molecule has 1 rings (SSSR count). The van der Waals surface area contributed by atoms with Gasteiger partial charge in [0.15, 0.2) is 0 Å². The number of halogens is 3. The van der Waals surface area contributed by atoms with Gasteiger partial charge < -0.3 is 0 Å². The third-order valence-electron chi connectivity index (χ3n) is 2.02. The summed E-state index contributed by atoms with van der Waals surface area (Å²) < 4.78 is 37.1. The van der Waals surface area contributed by atoms with Crippen LogP contribution in [0.25, 0.3) is 0 Å². The molecule has 0 heterocycles.